The Kier molecular flexibility index (Phi) is 4.59. The molecule has 0 atom stereocenters. The van der Waals surface area contributed by atoms with E-state index in [9.17, 15) is 4.79 Å². The molecule has 2 rings (SSSR count). The van der Waals surface area contributed by atoms with E-state index < -0.39 is 0 Å². The summed E-state index contributed by atoms with van der Waals surface area (Å²) in [5, 5.41) is 3.51. The fourth-order valence-electron chi connectivity index (χ4n) is 2.74. The van der Waals surface area contributed by atoms with Gasteiger partial charge in [0.15, 0.2) is 0 Å². The average molecular weight is 248 g/mol. The van der Waals surface area contributed by atoms with Gasteiger partial charge in [-0.3, -0.25) is 4.79 Å². The highest BCUT2D eigenvalue weighted by Gasteiger charge is 2.15. The van der Waals surface area contributed by atoms with Gasteiger partial charge in [-0.25, -0.2) is 0 Å². The first-order valence-corrected chi connectivity index (χ1v) is 7.15. The minimum absolute atomic E-state index is 0.183. The highest BCUT2D eigenvalue weighted by molar-refractivity contribution is 5.15. The molecular formula is C15H24N2O. The van der Waals surface area contributed by atoms with Crippen molar-refractivity contribution < 1.29 is 0 Å². The second-order valence-electron chi connectivity index (χ2n) is 5.32. The van der Waals surface area contributed by atoms with Gasteiger partial charge in [0.1, 0.15) is 0 Å². The molecule has 1 fully saturated rings. The molecule has 18 heavy (non-hydrogen) atoms. The van der Waals surface area contributed by atoms with Crippen molar-refractivity contribution in [2.75, 3.05) is 0 Å². The van der Waals surface area contributed by atoms with E-state index in [-0.39, 0.29) is 5.56 Å². The van der Waals surface area contributed by atoms with Crippen molar-refractivity contribution >= 4 is 0 Å². The van der Waals surface area contributed by atoms with Crippen molar-refractivity contribution in [2.45, 2.75) is 65.1 Å². The van der Waals surface area contributed by atoms with Crippen LogP contribution in [0.5, 0.6) is 0 Å². The van der Waals surface area contributed by atoms with Crippen LogP contribution in [0.1, 0.15) is 50.3 Å². The lowest BCUT2D eigenvalue weighted by molar-refractivity contribution is 0.518. The predicted octanol–water partition coefficient (Wildman–Crippen LogP) is 2.60. The summed E-state index contributed by atoms with van der Waals surface area (Å²) >= 11 is 0. The zero-order chi connectivity index (χ0) is 13.0. The fourth-order valence-corrected chi connectivity index (χ4v) is 2.74. The quantitative estimate of drug-likeness (QED) is 0.869. The molecule has 0 aromatic carbocycles. The van der Waals surface area contributed by atoms with E-state index in [1.807, 2.05) is 17.6 Å². The molecule has 1 N–H and O–H groups in total. The number of hydrogen-bond acceptors (Lipinski definition) is 2. The summed E-state index contributed by atoms with van der Waals surface area (Å²) in [5.74, 6) is 0. The van der Waals surface area contributed by atoms with E-state index in [4.69, 9.17) is 0 Å². The summed E-state index contributed by atoms with van der Waals surface area (Å²) in [6.07, 6.45) is 6.17. The van der Waals surface area contributed by atoms with Crippen LogP contribution < -0.4 is 10.9 Å². The lowest BCUT2D eigenvalue weighted by atomic mass is 10.2. The predicted molar refractivity (Wildman–Crippen MR) is 74.8 cm³/mol. The summed E-state index contributed by atoms with van der Waals surface area (Å²) in [6, 6.07) is 4.65. The van der Waals surface area contributed by atoms with Crippen LogP contribution in [-0.2, 0) is 13.1 Å². The summed E-state index contributed by atoms with van der Waals surface area (Å²) < 4.78 is 1.89. The standard InChI is InChI=1S/C15H24N2O/c1-3-10-17-12(2)8-9-13(15(17)18)11-16-14-6-4-5-7-14/h8-9,14,16H,3-7,10-11H2,1-2H3. The first kappa shape index (κ1) is 13.3. The van der Waals surface area contributed by atoms with Crippen LogP contribution in [0.15, 0.2) is 16.9 Å². The molecule has 0 aliphatic heterocycles. The zero-order valence-corrected chi connectivity index (χ0v) is 11.5. The van der Waals surface area contributed by atoms with Gasteiger partial charge in [-0.15, -0.1) is 0 Å². The lowest BCUT2D eigenvalue weighted by Crippen LogP contribution is -2.32. The van der Waals surface area contributed by atoms with Gasteiger partial charge in [0, 0.05) is 30.4 Å². The van der Waals surface area contributed by atoms with E-state index in [0.717, 1.165) is 24.2 Å². The molecule has 1 heterocycles. The molecule has 1 aliphatic rings. The fraction of sp³-hybridized carbons (Fsp3) is 0.667. The third-order valence-corrected chi connectivity index (χ3v) is 3.85. The monoisotopic (exact) mass is 248 g/mol. The Morgan fingerprint density at radius 3 is 2.72 bits per heavy atom. The maximum absolute atomic E-state index is 12.3. The third-order valence-electron chi connectivity index (χ3n) is 3.85. The highest BCUT2D eigenvalue weighted by atomic mass is 16.1. The van der Waals surface area contributed by atoms with Crippen molar-refractivity contribution in [1.82, 2.24) is 9.88 Å². The van der Waals surface area contributed by atoms with Gasteiger partial charge in [0.05, 0.1) is 0 Å². The van der Waals surface area contributed by atoms with Crippen molar-refractivity contribution in [3.05, 3.63) is 33.7 Å². The number of hydrogen-bond donors (Lipinski definition) is 1. The Bertz CT molecular complexity index is 444. The molecule has 0 spiro atoms. The molecule has 0 radical (unpaired) electrons. The van der Waals surface area contributed by atoms with Crippen molar-refractivity contribution in [3.8, 4) is 0 Å². The maximum Gasteiger partial charge on any atom is 0.255 e. The van der Waals surface area contributed by atoms with E-state index in [2.05, 4.69) is 18.3 Å². The molecular weight excluding hydrogens is 224 g/mol. The number of aryl methyl sites for hydroxylation is 1. The second-order valence-corrected chi connectivity index (χ2v) is 5.32. The summed E-state index contributed by atoms with van der Waals surface area (Å²) in [6.45, 7) is 5.65. The Morgan fingerprint density at radius 1 is 1.33 bits per heavy atom. The number of nitrogens with one attached hydrogen (secondary N) is 1. The normalized spacial score (nSPS) is 16.3. The molecule has 3 nitrogen and oxygen atoms in total. The van der Waals surface area contributed by atoms with Crippen LogP contribution in [-0.4, -0.2) is 10.6 Å². The minimum atomic E-state index is 0.183. The SMILES string of the molecule is CCCn1c(C)ccc(CNC2CCCC2)c1=O. The number of aromatic nitrogens is 1. The first-order chi connectivity index (χ1) is 8.72. The average Bonchev–Trinajstić information content (AvgIpc) is 2.86. The second kappa shape index (κ2) is 6.19. The van der Waals surface area contributed by atoms with Crippen LogP contribution >= 0.6 is 0 Å². The molecule has 0 amide bonds. The zero-order valence-electron chi connectivity index (χ0n) is 11.5. The highest BCUT2D eigenvalue weighted by Crippen LogP contribution is 2.17. The topological polar surface area (TPSA) is 34.0 Å². The number of rotatable bonds is 5. The van der Waals surface area contributed by atoms with Crippen LogP contribution in [0.25, 0.3) is 0 Å². The molecule has 0 unspecified atom stereocenters. The Morgan fingerprint density at radius 2 is 2.06 bits per heavy atom. The van der Waals surface area contributed by atoms with Crippen molar-refractivity contribution in [3.63, 3.8) is 0 Å². The molecule has 1 saturated carbocycles. The van der Waals surface area contributed by atoms with Gasteiger partial charge in [-0.05, 0) is 32.3 Å². The van der Waals surface area contributed by atoms with Crippen molar-refractivity contribution in [1.29, 1.82) is 0 Å². The lowest BCUT2D eigenvalue weighted by Gasteiger charge is -2.14. The number of pyridine rings is 1. The van der Waals surface area contributed by atoms with Gasteiger partial charge in [-0.2, -0.15) is 0 Å². The molecule has 3 heteroatoms. The van der Waals surface area contributed by atoms with Crippen LogP contribution in [0.2, 0.25) is 0 Å². The first-order valence-electron chi connectivity index (χ1n) is 7.15. The third kappa shape index (κ3) is 3.02. The summed E-state index contributed by atoms with van der Waals surface area (Å²) in [5.41, 5.74) is 2.15. The van der Waals surface area contributed by atoms with Crippen molar-refractivity contribution in [2.24, 2.45) is 0 Å². The van der Waals surface area contributed by atoms with Gasteiger partial charge < -0.3 is 9.88 Å². The number of nitrogens with zero attached hydrogens (tertiary/aromatic N) is 1. The molecule has 0 saturated heterocycles. The Labute approximate surface area is 109 Å². The molecule has 1 aromatic rings. The van der Waals surface area contributed by atoms with Gasteiger partial charge in [-0.1, -0.05) is 25.8 Å². The molecule has 1 aromatic heterocycles. The largest absolute Gasteiger partial charge is 0.313 e. The summed E-state index contributed by atoms with van der Waals surface area (Å²) in [7, 11) is 0. The molecule has 1 aliphatic carbocycles. The van der Waals surface area contributed by atoms with E-state index >= 15 is 0 Å². The van der Waals surface area contributed by atoms with E-state index in [1.165, 1.54) is 25.7 Å². The minimum Gasteiger partial charge on any atom is -0.313 e. The smallest absolute Gasteiger partial charge is 0.255 e. The van der Waals surface area contributed by atoms with Crippen LogP contribution in [0.3, 0.4) is 0 Å². The van der Waals surface area contributed by atoms with Crippen LogP contribution in [0.4, 0.5) is 0 Å². The molecule has 100 valence electrons. The van der Waals surface area contributed by atoms with E-state index in [1.54, 1.807) is 0 Å². The van der Waals surface area contributed by atoms with E-state index in [0.29, 0.717) is 12.6 Å². The van der Waals surface area contributed by atoms with Gasteiger partial charge in [0.2, 0.25) is 0 Å². The Balaban J connectivity index is 2.07. The molecule has 0 bridgehead atoms. The van der Waals surface area contributed by atoms with Crippen LogP contribution in [0, 0.1) is 6.92 Å². The van der Waals surface area contributed by atoms with Gasteiger partial charge in [0.25, 0.3) is 5.56 Å². The maximum atomic E-state index is 12.3. The Hall–Kier alpha value is -1.09. The summed E-state index contributed by atoms with van der Waals surface area (Å²) in [4.78, 5) is 12.3. The van der Waals surface area contributed by atoms with Gasteiger partial charge >= 0.3 is 0 Å².